The Bertz CT molecular complexity index is 817. The molecule has 2 N–H and O–H groups in total. The Kier molecular flexibility index (Phi) is 2.50. The molecule has 0 saturated carbocycles. The van der Waals surface area contributed by atoms with Crippen LogP contribution in [0, 0.1) is 0 Å². The first-order valence-corrected chi connectivity index (χ1v) is 6.81. The van der Waals surface area contributed by atoms with Crippen molar-refractivity contribution >= 4 is 11.0 Å². The van der Waals surface area contributed by atoms with E-state index in [0.717, 1.165) is 17.6 Å². The number of rotatable bonds is 1. The normalized spacial score (nSPS) is 18.1. The third-order valence-electron chi connectivity index (χ3n) is 3.98. The molecule has 4 nitrogen and oxygen atoms in total. The van der Waals surface area contributed by atoms with E-state index in [1.165, 1.54) is 11.1 Å². The van der Waals surface area contributed by atoms with Crippen LogP contribution in [0.5, 0.6) is 0 Å². The molecule has 100 valence electrons. The van der Waals surface area contributed by atoms with Crippen molar-refractivity contribution in [3.05, 3.63) is 70.1 Å². The molecule has 2 heterocycles. The lowest BCUT2D eigenvalue weighted by molar-refractivity contribution is 0.476. The first-order chi connectivity index (χ1) is 9.83. The van der Waals surface area contributed by atoms with Crippen molar-refractivity contribution < 1.29 is 0 Å². The molecule has 1 aliphatic heterocycles. The quantitative estimate of drug-likeness (QED) is 0.708. The highest BCUT2D eigenvalue weighted by Gasteiger charge is 2.20. The molecule has 0 fully saturated rings. The summed E-state index contributed by atoms with van der Waals surface area (Å²) in [6.07, 6.45) is 0. The minimum absolute atomic E-state index is 0.0305. The minimum Gasteiger partial charge on any atom is -0.306 e. The van der Waals surface area contributed by atoms with E-state index in [-0.39, 0.29) is 11.7 Å². The van der Waals surface area contributed by atoms with Crippen LogP contribution in [-0.2, 0) is 13.1 Å². The fourth-order valence-electron chi connectivity index (χ4n) is 3.00. The average Bonchev–Trinajstić information content (AvgIpc) is 2.69. The number of hydrogen-bond acceptors (Lipinski definition) is 2. The van der Waals surface area contributed by atoms with E-state index in [9.17, 15) is 4.79 Å². The van der Waals surface area contributed by atoms with Crippen LogP contribution in [0.3, 0.4) is 0 Å². The molecule has 0 spiro atoms. The standard InChI is InChI=1S/C16H15N3O/c20-16-18-13-8-4-7-12-9-17-14(10-19(16)15(12)13)11-5-2-1-3-6-11/h1-8,14,17H,9-10H2,(H,18,20)/t14-/m1/s1. The van der Waals surface area contributed by atoms with Crippen molar-refractivity contribution in [3.8, 4) is 0 Å². The Hall–Kier alpha value is -2.33. The topological polar surface area (TPSA) is 49.8 Å². The molecule has 0 unspecified atom stereocenters. The maximum atomic E-state index is 12.2. The molecule has 20 heavy (non-hydrogen) atoms. The second-order valence-electron chi connectivity index (χ2n) is 5.20. The van der Waals surface area contributed by atoms with Crippen molar-refractivity contribution in [1.82, 2.24) is 14.9 Å². The molecular formula is C16H15N3O. The summed E-state index contributed by atoms with van der Waals surface area (Å²) < 4.78 is 1.85. The van der Waals surface area contributed by atoms with E-state index in [4.69, 9.17) is 0 Å². The molecule has 0 saturated heterocycles. The molecule has 4 rings (SSSR count). The number of H-pyrrole nitrogens is 1. The van der Waals surface area contributed by atoms with Crippen LogP contribution in [0.1, 0.15) is 17.2 Å². The molecule has 0 bridgehead atoms. The minimum atomic E-state index is -0.0305. The molecule has 3 aromatic rings. The maximum Gasteiger partial charge on any atom is 0.326 e. The third-order valence-corrected chi connectivity index (χ3v) is 3.98. The zero-order valence-electron chi connectivity index (χ0n) is 11.0. The van der Waals surface area contributed by atoms with Crippen molar-refractivity contribution in [3.63, 3.8) is 0 Å². The zero-order valence-corrected chi connectivity index (χ0v) is 11.0. The van der Waals surface area contributed by atoms with Gasteiger partial charge in [-0.1, -0.05) is 42.5 Å². The fourth-order valence-corrected chi connectivity index (χ4v) is 3.00. The third kappa shape index (κ3) is 1.69. The van der Waals surface area contributed by atoms with Crippen LogP contribution in [-0.4, -0.2) is 9.55 Å². The summed E-state index contributed by atoms with van der Waals surface area (Å²) in [6, 6.07) is 16.4. The largest absolute Gasteiger partial charge is 0.326 e. The molecule has 1 atom stereocenters. The lowest BCUT2D eigenvalue weighted by Crippen LogP contribution is -2.26. The monoisotopic (exact) mass is 265 g/mol. The van der Waals surface area contributed by atoms with Gasteiger partial charge in [-0.3, -0.25) is 4.57 Å². The summed E-state index contributed by atoms with van der Waals surface area (Å²) in [4.78, 5) is 15.1. The van der Waals surface area contributed by atoms with Crippen LogP contribution >= 0.6 is 0 Å². The predicted octanol–water partition coefficient (Wildman–Crippen LogP) is 2.17. The molecule has 0 aliphatic carbocycles. The Labute approximate surface area is 116 Å². The van der Waals surface area contributed by atoms with Gasteiger partial charge < -0.3 is 10.3 Å². The van der Waals surface area contributed by atoms with Gasteiger partial charge in [-0.25, -0.2) is 4.79 Å². The zero-order chi connectivity index (χ0) is 13.5. The number of imidazole rings is 1. The van der Waals surface area contributed by atoms with Crippen LogP contribution in [0.25, 0.3) is 11.0 Å². The summed E-state index contributed by atoms with van der Waals surface area (Å²) >= 11 is 0. The number of benzene rings is 2. The highest BCUT2D eigenvalue weighted by atomic mass is 16.1. The van der Waals surface area contributed by atoms with Crippen LogP contribution in [0.2, 0.25) is 0 Å². The summed E-state index contributed by atoms with van der Waals surface area (Å²) in [7, 11) is 0. The number of para-hydroxylation sites is 1. The van der Waals surface area contributed by atoms with Gasteiger partial charge in [0, 0.05) is 13.1 Å². The molecule has 4 heteroatoms. The first-order valence-electron chi connectivity index (χ1n) is 6.81. The fraction of sp³-hybridized carbons (Fsp3) is 0.188. The van der Waals surface area contributed by atoms with Crippen molar-refractivity contribution in [1.29, 1.82) is 0 Å². The molecule has 2 aromatic carbocycles. The molecule has 0 amide bonds. The predicted molar refractivity (Wildman–Crippen MR) is 78.6 cm³/mol. The van der Waals surface area contributed by atoms with Crippen molar-refractivity contribution in [2.45, 2.75) is 19.1 Å². The molecular weight excluding hydrogens is 250 g/mol. The Morgan fingerprint density at radius 2 is 1.90 bits per heavy atom. The summed E-state index contributed by atoms with van der Waals surface area (Å²) in [5.74, 6) is 0. The Morgan fingerprint density at radius 3 is 2.75 bits per heavy atom. The maximum absolute atomic E-state index is 12.2. The molecule has 1 aromatic heterocycles. The van der Waals surface area contributed by atoms with Crippen LogP contribution in [0.4, 0.5) is 0 Å². The smallest absolute Gasteiger partial charge is 0.306 e. The number of hydrogen-bond donors (Lipinski definition) is 2. The van der Waals surface area contributed by atoms with Gasteiger partial charge in [0.1, 0.15) is 0 Å². The summed E-state index contributed by atoms with van der Waals surface area (Å²) in [5.41, 5.74) is 4.30. The molecule has 1 aliphatic rings. The lowest BCUT2D eigenvalue weighted by atomic mass is 10.1. The van der Waals surface area contributed by atoms with E-state index >= 15 is 0 Å². The van der Waals surface area contributed by atoms with Gasteiger partial charge in [-0.15, -0.1) is 0 Å². The number of aromatic nitrogens is 2. The number of nitrogens with zero attached hydrogens (tertiary/aromatic N) is 1. The van der Waals surface area contributed by atoms with Gasteiger partial charge in [0.05, 0.1) is 17.1 Å². The van der Waals surface area contributed by atoms with E-state index in [1.807, 2.05) is 34.9 Å². The van der Waals surface area contributed by atoms with Gasteiger partial charge in [0.2, 0.25) is 0 Å². The highest BCUT2D eigenvalue weighted by Crippen LogP contribution is 2.24. The Balaban J connectivity index is 1.86. The second-order valence-corrected chi connectivity index (χ2v) is 5.20. The van der Waals surface area contributed by atoms with Gasteiger partial charge in [-0.05, 0) is 17.2 Å². The van der Waals surface area contributed by atoms with Gasteiger partial charge in [-0.2, -0.15) is 0 Å². The average molecular weight is 265 g/mol. The second kappa shape index (κ2) is 4.35. The Morgan fingerprint density at radius 1 is 1.05 bits per heavy atom. The van der Waals surface area contributed by atoms with Crippen molar-refractivity contribution in [2.24, 2.45) is 0 Å². The van der Waals surface area contributed by atoms with Crippen LogP contribution in [0.15, 0.2) is 53.3 Å². The summed E-state index contributed by atoms with van der Waals surface area (Å²) in [5, 5.41) is 3.54. The summed E-state index contributed by atoms with van der Waals surface area (Å²) in [6.45, 7) is 1.42. The lowest BCUT2D eigenvalue weighted by Gasteiger charge is -2.16. The first kappa shape index (κ1) is 11.5. The highest BCUT2D eigenvalue weighted by molar-refractivity contribution is 5.79. The van der Waals surface area contributed by atoms with Gasteiger partial charge in [0.15, 0.2) is 0 Å². The molecule has 0 radical (unpaired) electrons. The van der Waals surface area contributed by atoms with Gasteiger partial charge >= 0.3 is 5.69 Å². The van der Waals surface area contributed by atoms with E-state index in [1.54, 1.807) is 0 Å². The van der Waals surface area contributed by atoms with Crippen LogP contribution < -0.4 is 11.0 Å². The van der Waals surface area contributed by atoms with Gasteiger partial charge in [0.25, 0.3) is 0 Å². The number of aromatic amines is 1. The van der Waals surface area contributed by atoms with E-state index in [0.29, 0.717) is 6.54 Å². The van der Waals surface area contributed by atoms with E-state index < -0.39 is 0 Å². The van der Waals surface area contributed by atoms with Crippen molar-refractivity contribution in [2.75, 3.05) is 0 Å². The number of nitrogens with one attached hydrogen (secondary N) is 2. The van der Waals surface area contributed by atoms with E-state index in [2.05, 4.69) is 28.5 Å². The SMILES string of the molecule is O=c1[nH]c2cccc3c2n1C[C@H](c1ccccc1)NC3.